The highest BCUT2D eigenvalue weighted by Gasteiger charge is 2.19. The number of rotatable bonds is 7. The third kappa shape index (κ3) is 5.04. The molecule has 0 aliphatic carbocycles. The SMILES string of the molecule is CN(C)c1ccc(C(CNC(=O)/C=C/c2ccc(Cl)cc2)c2c[nH]c3ccccc23)cc1. The number of anilines is 1. The van der Waals surface area contributed by atoms with Gasteiger partial charge in [-0.05, 0) is 53.1 Å². The van der Waals surface area contributed by atoms with Gasteiger partial charge < -0.3 is 15.2 Å². The predicted molar refractivity (Wildman–Crippen MR) is 134 cm³/mol. The average molecular weight is 444 g/mol. The quantitative estimate of drug-likeness (QED) is 0.352. The van der Waals surface area contributed by atoms with Gasteiger partial charge in [0.25, 0.3) is 0 Å². The summed E-state index contributed by atoms with van der Waals surface area (Å²) in [6, 6.07) is 24.1. The number of aromatic amines is 1. The molecule has 0 bridgehead atoms. The van der Waals surface area contributed by atoms with Gasteiger partial charge in [0.15, 0.2) is 0 Å². The van der Waals surface area contributed by atoms with Crippen LogP contribution in [0.5, 0.6) is 0 Å². The fourth-order valence-electron chi connectivity index (χ4n) is 3.80. The predicted octanol–water partition coefficient (Wildman–Crippen LogP) is 5.85. The summed E-state index contributed by atoms with van der Waals surface area (Å²) in [6.45, 7) is 0.493. The number of carbonyl (C=O) groups is 1. The lowest BCUT2D eigenvalue weighted by Gasteiger charge is -2.19. The summed E-state index contributed by atoms with van der Waals surface area (Å²) < 4.78 is 0. The molecule has 4 nitrogen and oxygen atoms in total. The van der Waals surface area contributed by atoms with Crippen LogP contribution in [0.3, 0.4) is 0 Å². The van der Waals surface area contributed by atoms with E-state index in [1.54, 1.807) is 12.2 Å². The minimum absolute atomic E-state index is 0.0234. The van der Waals surface area contributed by atoms with E-state index in [2.05, 4.69) is 51.6 Å². The van der Waals surface area contributed by atoms with Gasteiger partial charge >= 0.3 is 0 Å². The number of carbonyl (C=O) groups excluding carboxylic acids is 1. The van der Waals surface area contributed by atoms with Crippen LogP contribution < -0.4 is 10.2 Å². The van der Waals surface area contributed by atoms with Crippen LogP contribution in [-0.2, 0) is 4.79 Å². The second-order valence-electron chi connectivity index (χ2n) is 7.96. The van der Waals surface area contributed by atoms with Crippen molar-refractivity contribution in [3.8, 4) is 0 Å². The van der Waals surface area contributed by atoms with Crippen LogP contribution >= 0.6 is 11.6 Å². The molecular weight excluding hydrogens is 418 g/mol. The molecule has 0 fully saturated rings. The zero-order chi connectivity index (χ0) is 22.5. The minimum Gasteiger partial charge on any atom is -0.378 e. The highest BCUT2D eigenvalue weighted by molar-refractivity contribution is 6.30. The van der Waals surface area contributed by atoms with Crippen molar-refractivity contribution in [2.45, 2.75) is 5.92 Å². The van der Waals surface area contributed by atoms with E-state index >= 15 is 0 Å². The summed E-state index contributed by atoms with van der Waals surface area (Å²) in [7, 11) is 4.05. The first kappa shape index (κ1) is 21.7. The summed E-state index contributed by atoms with van der Waals surface area (Å²) in [5.41, 5.74) is 5.48. The first-order chi connectivity index (χ1) is 15.5. The Hall–Kier alpha value is -3.50. The van der Waals surface area contributed by atoms with Gasteiger partial charge in [-0.15, -0.1) is 0 Å². The fraction of sp³-hybridized carbons (Fsp3) is 0.148. The standard InChI is InChI=1S/C27H26ClN3O/c1-31(2)22-14-10-20(11-15-22)24(25-18-29-26-6-4-3-5-23(25)26)17-30-27(32)16-9-19-7-12-21(28)13-8-19/h3-16,18,24,29H,17H2,1-2H3,(H,30,32)/b16-9+. The van der Waals surface area contributed by atoms with Gasteiger partial charge in [0.1, 0.15) is 0 Å². The first-order valence-corrected chi connectivity index (χ1v) is 10.9. The molecule has 1 heterocycles. The molecule has 1 unspecified atom stereocenters. The van der Waals surface area contributed by atoms with E-state index in [4.69, 9.17) is 11.6 Å². The Bertz CT molecular complexity index is 1220. The lowest BCUT2D eigenvalue weighted by Crippen LogP contribution is -2.27. The Labute approximate surface area is 193 Å². The molecule has 0 aliphatic heterocycles. The Morgan fingerprint density at radius 1 is 1.03 bits per heavy atom. The number of nitrogens with one attached hydrogen (secondary N) is 2. The number of amides is 1. The van der Waals surface area contributed by atoms with Crippen LogP contribution in [0.1, 0.15) is 22.6 Å². The molecule has 1 aromatic heterocycles. The van der Waals surface area contributed by atoms with Crippen molar-refractivity contribution in [3.05, 3.63) is 107 Å². The maximum absolute atomic E-state index is 12.6. The number of hydrogen-bond acceptors (Lipinski definition) is 2. The van der Waals surface area contributed by atoms with E-state index in [-0.39, 0.29) is 11.8 Å². The smallest absolute Gasteiger partial charge is 0.244 e. The second kappa shape index (κ2) is 9.75. The normalized spacial score (nSPS) is 12.2. The maximum Gasteiger partial charge on any atom is 0.244 e. The van der Waals surface area contributed by atoms with Gasteiger partial charge in [0.2, 0.25) is 5.91 Å². The second-order valence-corrected chi connectivity index (χ2v) is 8.39. The number of benzene rings is 3. The summed E-state index contributed by atoms with van der Waals surface area (Å²) in [4.78, 5) is 18.0. The molecule has 162 valence electrons. The monoisotopic (exact) mass is 443 g/mol. The van der Waals surface area contributed by atoms with Crippen LogP contribution in [0.25, 0.3) is 17.0 Å². The first-order valence-electron chi connectivity index (χ1n) is 10.6. The summed E-state index contributed by atoms with van der Waals surface area (Å²) >= 11 is 5.93. The number of halogens is 1. The lowest BCUT2D eigenvalue weighted by atomic mass is 9.90. The molecule has 0 saturated carbocycles. The Morgan fingerprint density at radius 2 is 1.75 bits per heavy atom. The Kier molecular flexibility index (Phi) is 6.62. The van der Waals surface area contributed by atoms with Gasteiger partial charge in [-0.2, -0.15) is 0 Å². The fourth-order valence-corrected chi connectivity index (χ4v) is 3.93. The number of fused-ring (bicyclic) bond motifs is 1. The number of para-hydroxylation sites is 1. The molecule has 3 aromatic carbocycles. The largest absolute Gasteiger partial charge is 0.378 e. The van der Waals surface area contributed by atoms with E-state index in [1.165, 1.54) is 10.9 Å². The van der Waals surface area contributed by atoms with Crippen molar-refractivity contribution >= 4 is 40.2 Å². The van der Waals surface area contributed by atoms with Gasteiger partial charge in [0.05, 0.1) is 0 Å². The van der Waals surface area contributed by atoms with Crippen LogP contribution in [0.4, 0.5) is 5.69 Å². The van der Waals surface area contributed by atoms with E-state index < -0.39 is 0 Å². The van der Waals surface area contributed by atoms with Gasteiger partial charge in [-0.3, -0.25) is 4.79 Å². The molecule has 0 aliphatic rings. The van der Waals surface area contributed by atoms with Crippen molar-refractivity contribution in [1.29, 1.82) is 0 Å². The van der Waals surface area contributed by atoms with Crippen molar-refractivity contribution < 1.29 is 4.79 Å². The molecule has 0 radical (unpaired) electrons. The van der Waals surface area contributed by atoms with E-state index in [1.807, 2.05) is 56.7 Å². The van der Waals surface area contributed by atoms with Crippen LogP contribution in [-0.4, -0.2) is 31.5 Å². The summed E-state index contributed by atoms with van der Waals surface area (Å²) in [5, 5.41) is 4.92. The number of hydrogen-bond donors (Lipinski definition) is 2. The zero-order valence-electron chi connectivity index (χ0n) is 18.2. The van der Waals surface area contributed by atoms with Crippen molar-refractivity contribution in [3.63, 3.8) is 0 Å². The minimum atomic E-state index is -0.130. The topological polar surface area (TPSA) is 48.1 Å². The Balaban J connectivity index is 1.56. The van der Waals surface area contributed by atoms with Crippen molar-refractivity contribution in [2.75, 3.05) is 25.5 Å². The molecule has 5 heteroatoms. The van der Waals surface area contributed by atoms with E-state index in [0.29, 0.717) is 11.6 Å². The molecule has 4 aromatic rings. The van der Waals surface area contributed by atoms with E-state index in [9.17, 15) is 4.79 Å². The van der Waals surface area contributed by atoms with Crippen molar-refractivity contribution in [2.24, 2.45) is 0 Å². The third-order valence-corrected chi connectivity index (χ3v) is 5.84. The highest BCUT2D eigenvalue weighted by atomic mass is 35.5. The highest BCUT2D eigenvalue weighted by Crippen LogP contribution is 2.31. The molecular formula is C27H26ClN3O. The van der Waals surface area contributed by atoms with Crippen LogP contribution in [0.15, 0.2) is 85.1 Å². The van der Waals surface area contributed by atoms with Crippen molar-refractivity contribution in [1.82, 2.24) is 10.3 Å². The van der Waals surface area contributed by atoms with E-state index in [0.717, 1.165) is 22.3 Å². The number of nitrogens with zero attached hydrogens (tertiary/aromatic N) is 1. The average Bonchev–Trinajstić information content (AvgIpc) is 3.23. The molecule has 1 amide bonds. The van der Waals surface area contributed by atoms with Gasteiger partial charge in [0, 0.05) is 60.4 Å². The number of aromatic nitrogens is 1. The Morgan fingerprint density at radius 3 is 2.47 bits per heavy atom. The molecule has 1 atom stereocenters. The van der Waals surface area contributed by atoms with Gasteiger partial charge in [-0.25, -0.2) is 0 Å². The number of H-pyrrole nitrogens is 1. The molecule has 4 rings (SSSR count). The molecule has 0 saturated heterocycles. The molecule has 0 spiro atoms. The maximum atomic E-state index is 12.6. The zero-order valence-corrected chi connectivity index (χ0v) is 18.9. The molecule has 2 N–H and O–H groups in total. The summed E-state index contributed by atoms with van der Waals surface area (Å²) in [6.07, 6.45) is 5.40. The van der Waals surface area contributed by atoms with Crippen LogP contribution in [0.2, 0.25) is 5.02 Å². The third-order valence-electron chi connectivity index (χ3n) is 5.59. The van der Waals surface area contributed by atoms with Crippen LogP contribution in [0, 0.1) is 0 Å². The van der Waals surface area contributed by atoms with Gasteiger partial charge in [-0.1, -0.05) is 54.1 Å². The summed E-state index contributed by atoms with van der Waals surface area (Å²) in [5.74, 6) is -0.107. The lowest BCUT2D eigenvalue weighted by molar-refractivity contribution is -0.116. The molecule has 32 heavy (non-hydrogen) atoms.